The van der Waals surface area contributed by atoms with Crippen LogP contribution in [-0.4, -0.2) is 24.8 Å². The van der Waals surface area contributed by atoms with Crippen molar-refractivity contribution in [2.45, 2.75) is 13.0 Å². The van der Waals surface area contributed by atoms with E-state index in [0.717, 1.165) is 0 Å². The van der Waals surface area contributed by atoms with Crippen molar-refractivity contribution >= 4 is 40.8 Å². The minimum atomic E-state index is -1.02. The lowest BCUT2D eigenvalue weighted by Gasteiger charge is -2.14. The van der Waals surface area contributed by atoms with Gasteiger partial charge in [-0.1, -0.05) is 29.3 Å². The fraction of sp³-hybridized carbons (Fsp3) is 0.176. The predicted octanol–water partition coefficient (Wildman–Crippen LogP) is 3.91. The van der Waals surface area contributed by atoms with Gasteiger partial charge in [0.2, 0.25) is 6.79 Å². The molecule has 1 unspecified atom stereocenters. The van der Waals surface area contributed by atoms with E-state index in [0.29, 0.717) is 22.2 Å². The third kappa shape index (κ3) is 3.97. The van der Waals surface area contributed by atoms with Crippen LogP contribution in [0.15, 0.2) is 36.4 Å². The minimum Gasteiger partial charge on any atom is -0.454 e. The quantitative estimate of drug-likeness (QED) is 0.812. The highest BCUT2D eigenvalue weighted by Gasteiger charge is 2.24. The number of anilines is 1. The van der Waals surface area contributed by atoms with Crippen LogP contribution in [0.5, 0.6) is 11.5 Å². The topological polar surface area (TPSA) is 73.9 Å². The molecule has 1 N–H and O–H groups in total. The summed E-state index contributed by atoms with van der Waals surface area (Å²) >= 11 is 11.9. The molecule has 25 heavy (non-hydrogen) atoms. The maximum Gasteiger partial charge on any atom is 0.339 e. The Kier molecular flexibility index (Phi) is 5.01. The van der Waals surface area contributed by atoms with E-state index in [-0.39, 0.29) is 17.4 Å². The molecule has 1 heterocycles. The molecule has 1 amide bonds. The first kappa shape index (κ1) is 17.4. The van der Waals surface area contributed by atoms with Crippen LogP contribution in [0.2, 0.25) is 10.0 Å². The van der Waals surface area contributed by atoms with Gasteiger partial charge >= 0.3 is 5.97 Å². The first-order chi connectivity index (χ1) is 11.9. The summed E-state index contributed by atoms with van der Waals surface area (Å²) in [5.74, 6) is -0.447. The molecule has 1 atom stereocenters. The van der Waals surface area contributed by atoms with E-state index in [4.69, 9.17) is 37.4 Å². The van der Waals surface area contributed by atoms with Crippen molar-refractivity contribution in [2.75, 3.05) is 12.1 Å². The van der Waals surface area contributed by atoms with Gasteiger partial charge in [0.05, 0.1) is 10.6 Å². The molecule has 0 aliphatic carbocycles. The molecule has 0 saturated heterocycles. The molecule has 130 valence electrons. The molecule has 0 bridgehead atoms. The number of ether oxygens (including phenoxy) is 3. The number of hydrogen-bond donors (Lipinski definition) is 1. The first-order valence-corrected chi connectivity index (χ1v) is 8.06. The van der Waals surface area contributed by atoms with Crippen LogP contribution in [0.1, 0.15) is 17.3 Å². The second-order valence-electron chi connectivity index (χ2n) is 5.24. The number of nitrogens with one attached hydrogen (secondary N) is 1. The summed E-state index contributed by atoms with van der Waals surface area (Å²) in [6.07, 6.45) is -1.02. The van der Waals surface area contributed by atoms with E-state index in [1.165, 1.54) is 19.1 Å². The molecule has 0 saturated carbocycles. The maximum atomic E-state index is 12.2. The molecular formula is C17H13Cl2NO5. The average Bonchev–Trinajstić information content (AvgIpc) is 3.03. The van der Waals surface area contributed by atoms with Crippen LogP contribution in [0.4, 0.5) is 5.69 Å². The fourth-order valence-corrected chi connectivity index (χ4v) is 2.63. The lowest BCUT2D eigenvalue weighted by atomic mass is 10.2. The number of rotatable bonds is 4. The van der Waals surface area contributed by atoms with Crippen molar-refractivity contribution in [3.63, 3.8) is 0 Å². The van der Waals surface area contributed by atoms with Gasteiger partial charge in [-0.15, -0.1) is 0 Å². The monoisotopic (exact) mass is 381 g/mol. The highest BCUT2D eigenvalue weighted by Crippen LogP contribution is 2.39. The van der Waals surface area contributed by atoms with Crippen LogP contribution in [0.25, 0.3) is 0 Å². The Balaban J connectivity index is 1.66. The number of hydrogen-bond acceptors (Lipinski definition) is 5. The molecule has 2 aromatic rings. The Labute approximate surface area is 153 Å². The zero-order valence-corrected chi connectivity index (χ0v) is 14.6. The van der Waals surface area contributed by atoms with Crippen LogP contribution in [0, 0.1) is 0 Å². The van der Waals surface area contributed by atoms with E-state index in [9.17, 15) is 9.59 Å². The fourth-order valence-electron chi connectivity index (χ4n) is 2.18. The summed E-state index contributed by atoms with van der Waals surface area (Å²) < 4.78 is 15.6. The van der Waals surface area contributed by atoms with E-state index in [1.807, 2.05) is 0 Å². The zero-order valence-electron chi connectivity index (χ0n) is 13.0. The second kappa shape index (κ2) is 7.21. The van der Waals surface area contributed by atoms with Crippen molar-refractivity contribution in [1.82, 2.24) is 0 Å². The van der Waals surface area contributed by atoms with Gasteiger partial charge in [0.15, 0.2) is 17.6 Å². The Hall–Kier alpha value is -2.44. The number of halogens is 2. The first-order valence-electron chi connectivity index (χ1n) is 7.30. The number of carbonyl (C=O) groups is 2. The summed E-state index contributed by atoms with van der Waals surface area (Å²) in [5.41, 5.74) is 0.670. The van der Waals surface area contributed by atoms with E-state index in [2.05, 4.69) is 5.32 Å². The number of esters is 1. The Morgan fingerprint density at radius 1 is 1.20 bits per heavy atom. The Bertz CT molecular complexity index is 840. The molecule has 0 spiro atoms. The summed E-state index contributed by atoms with van der Waals surface area (Å²) in [6, 6.07) is 9.51. The minimum absolute atomic E-state index is 0.0337. The standard InChI is InChI=1S/C17H13Cl2NO5/c1-9(16(21)20-12-4-2-3-11(18)7-12)25-17(22)10-5-13(19)15-14(6-10)23-8-24-15/h2-7,9H,8H2,1H3,(H,20,21). The third-order valence-corrected chi connectivity index (χ3v) is 3.92. The largest absolute Gasteiger partial charge is 0.454 e. The zero-order chi connectivity index (χ0) is 18.0. The van der Waals surface area contributed by atoms with E-state index < -0.39 is 18.0 Å². The van der Waals surface area contributed by atoms with Gasteiger partial charge in [-0.25, -0.2) is 4.79 Å². The molecule has 1 aliphatic heterocycles. The SMILES string of the molecule is CC(OC(=O)c1cc(Cl)c2c(c1)OCO2)C(=O)Nc1cccc(Cl)c1. The van der Waals surface area contributed by atoms with Gasteiger partial charge in [-0.3, -0.25) is 4.79 Å². The highest BCUT2D eigenvalue weighted by molar-refractivity contribution is 6.32. The molecule has 2 aromatic carbocycles. The lowest BCUT2D eigenvalue weighted by molar-refractivity contribution is -0.123. The smallest absolute Gasteiger partial charge is 0.339 e. The average molecular weight is 382 g/mol. The van der Waals surface area contributed by atoms with Crippen LogP contribution in [-0.2, 0) is 9.53 Å². The number of carbonyl (C=O) groups excluding carboxylic acids is 2. The molecule has 3 rings (SSSR count). The molecule has 1 aliphatic rings. The van der Waals surface area contributed by atoms with Crippen molar-refractivity contribution in [3.05, 3.63) is 52.0 Å². The van der Waals surface area contributed by atoms with Gasteiger partial charge < -0.3 is 19.5 Å². The Morgan fingerprint density at radius 3 is 2.76 bits per heavy atom. The number of benzene rings is 2. The molecule has 0 radical (unpaired) electrons. The van der Waals surface area contributed by atoms with Gasteiger partial charge in [-0.05, 0) is 37.3 Å². The molecular weight excluding hydrogens is 369 g/mol. The van der Waals surface area contributed by atoms with Gasteiger partial charge in [0, 0.05) is 10.7 Å². The third-order valence-electron chi connectivity index (χ3n) is 3.41. The highest BCUT2D eigenvalue weighted by atomic mass is 35.5. The normalized spacial score (nSPS) is 13.2. The van der Waals surface area contributed by atoms with Crippen LogP contribution < -0.4 is 14.8 Å². The van der Waals surface area contributed by atoms with Gasteiger partial charge in [0.25, 0.3) is 5.91 Å². The summed E-state index contributed by atoms with van der Waals surface area (Å²) in [7, 11) is 0. The number of amides is 1. The van der Waals surface area contributed by atoms with Crippen LogP contribution >= 0.6 is 23.2 Å². The van der Waals surface area contributed by atoms with Gasteiger partial charge in [-0.2, -0.15) is 0 Å². The van der Waals surface area contributed by atoms with Gasteiger partial charge in [0.1, 0.15) is 0 Å². The maximum absolute atomic E-state index is 12.2. The van der Waals surface area contributed by atoms with Crippen molar-refractivity contribution in [2.24, 2.45) is 0 Å². The summed E-state index contributed by atoms with van der Waals surface area (Å²) in [6.45, 7) is 1.50. The van der Waals surface area contributed by atoms with E-state index >= 15 is 0 Å². The Morgan fingerprint density at radius 2 is 2.00 bits per heavy atom. The number of fused-ring (bicyclic) bond motifs is 1. The lowest BCUT2D eigenvalue weighted by Crippen LogP contribution is -2.30. The molecule has 6 nitrogen and oxygen atoms in total. The summed E-state index contributed by atoms with van der Waals surface area (Å²) in [5, 5.41) is 3.34. The molecule has 0 aromatic heterocycles. The van der Waals surface area contributed by atoms with E-state index in [1.54, 1.807) is 24.3 Å². The van der Waals surface area contributed by atoms with Crippen molar-refractivity contribution in [3.8, 4) is 11.5 Å². The summed E-state index contributed by atoms with van der Waals surface area (Å²) in [4.78, 5) is 24.4. The molecule has 0 fully saturated rings. The predicted molar refractivity (Wildman–Crippen MR) is 92.5 cm³/mol. The van der Waals surface area contributed by atoms with Crippen molar-refractivity contribution in [1.29, 1.82) is 0 Å². The van der Waals surface area contributed by atoms with Crippen molar-refractivity contribution < 1.29 is 23.8 Å². The van der Waals surface area contributed by atoms with Crippen LogP contribution in [0.3, 0.4) is 0 Å². The second-order valence-corrected chi connectivity index (χ2v) is 6.08. The molecule has 8 heteroatoms.